The summed E-state index contributed by atoms with van der Waals surface area (Å²) in [6, 6.07) is 23.6. The molecule has 3 atom stereocenters. The van der Waals surface area contributed by atoms with Crippen molar-refractivity contribution in [1.29, 1.82) is 0 Å². The third kappa shape index (κ3) is 4.11. The number of rotatable bonds is 8. The summed E-state index contributed by atoms with van der Waals surface area (Å²) < 4.78 is 5.31. The molecule has 3 saturated heterocycles. The van der Waals surface area contributed by atoms with Crippen molar-refractivity contribution >= 4 is 5.97 Å². The highest BCUT2D eigenvalue weighted by atomic mass is 16.5. The number of fused-ring (bicyclic) bond motifs is 1. The van der Waals surface area contributed by atoms with Crippen LogP contribution in [0, 0.1) is 11.8 Å². The van der Waals surface area contributed by atoms with E-state index in [2.05, 4.69) is 70.5 Å². The Kier molecular flexibility index (Phi) is 6.68. The number of likely N-dealkylation sites (tertiary alicyclic amines) is 1. The smallest absolute Gasteiger partial charge is 0.310 e. The average molecular weight is 487 g/mol. The predicted octanol–water partition coefficient (Wildman–Crippen LogP) is 5.42. The third-order valence-corrected chi connectivity index (χ3v) is 10.2. The van der Waals surface area contributed by atoms with E-state index in [1.807, 2.05) is 6.92 Å². The molecule has 0 amide bonds. The first-order valence-electron chi connectivity index (χ1n) is 14.4. The number of hydrogen-bond donors (Lipinski definition) is 0. The first kappa shape index (κ1) is 24.2. The summed E-state index contributed by atoms with van der Waals surface area (Å²) in [7, 11) is 0. The topological polar surface area (TPSA) is 32.8 Å². The van der Waals surface area contributed by atoms with Crippen molar-refractivity contribution in [1.82, 2.24) is 9.80 Å². The molecule has 4 bridgehead atoms. The largest absolute Gasteiger partial charge is 0.466 e. The minimum absolute atomic E-state index is 0.00318. The summed E-state index contributed by atoms with van der Waals surface area (Å²) in [4.78, 5) is 17.6. The zero-order valence-electron chi connectivity index (χ0n) is 21.9. The standard InChI is InChI=1S/C32H42N2O2/c1-2-36-30(35)25-11-9-18-33(23-25)19-10-20-34-24-29-31(26-12-5-3-6-13-26)16-17-32(29,22-28(34)21-31)27-14-7-4-8-15-27/h3-8,12-15,25,28-29H,2,9-11,16-24H2,1H3. The van der Waals surface area contributed by atoms with Crippen LogP contribution < -0.4 is 0 Å². The van der Waals surface area contributed by atoms with E-state index in [0.29, 0.717) is 29.4 Å². The van der Waals surface area contributed by atoms with Crippen molar-refractivity contribution in [3.05, 3.63) is 71.8 Å². The Morgan fingerprint density at radius 1 is 0.917 bits per heavy atom. The van der Waals surface area contributed by atoms with Crippen LogP contribution in [0.1, 0.15) is 63.0 Å². The molecule has 3 aliphatic heterocycles. The van der Waals surface area contributed by atoms with Crippen molar-refractivity contribution in [3.8, 4) is 0 Å². The van der Waals surface area contributed by atoms with Gasteiger partial charge in [-0.25, -0.2) is 0 Å². The van der Waals surface area contributed by atoms with E-state index in [4.69, 9.17) is 4.74 Å². The lowest BCUT2D eigenvalue weighted by atomic mass is 9.52. The van der Waals surface area contributed by atoms with Gasteiger partial charge in [0.15, 0.2) is 0 Å². The summed E-state index contributed by atoms with van der Waals surface area (Å²) in [6.07, 6.45) is 8.55. The summed E-state index contributed by atoms with van der Waals surface area (Å²) >= 11 is 0. The summed E-state index contributed by atoms with van der Waals surface area (Å²) in [6.45, 7) is 7.88. The van der Waals surface area contributed by atoms with Crippen LogP contribution in [0.3, 0.4) is 0 Å². The van der Waals surface area contributed by atoms with E-state index in [-0.39, 0.29) is 11.9 Å². The highest BCUT2D eigenvalue weighted by Crippen LogP contribution is 2.67. The van der Waals surface area contributed by atoms with Gasteiger partial charge >= 0.3 is 5.97 Å². The quantitative estimate of drug-likeness (QED) is 0.467. The minimum atomic E-state index is 0.00318. The minimum Gasteiger partial charge on any atom is -0.466 e. The van der Waals surface area contributed by atoms with Crippen molar-refractivity contribution in [2.45, 2.75) is 68.7 Å². The molecule has 7 rings (SSSR count). The van der Waals surface area contributed by atoms with Gasteiger partial charge in [0.25, 0.3) is 0 Å². The zero-order valence-corrected chi connectivity index (χ0v) is 21.9. The number of piperidine rings is 3. The lowest BCUT2D eigenvalue weighted by Gasteiger charge is -2.60. The Morgan fingerprint density at radius 3 is 2.14 bits per heavy atom. The van der Waals surface area contributed by atoms with Crippen LogP contribution in [0.15, 0.2) is 60.7 Å². The lowest BCUT2D eigenvalue weighted by molar-refractivity contribution is -0.149. The number of esters is 1. The van der Waals surface area contributed by atoms with Crippen LogP contribution in [-0.2, 0) is 20.4 Å². The Morgan fingerprint density at radius 2 is 1.56 bits per heavy atom. The summed E-state index contributed by atoms with van der Waals surface area (Å²) in [5.74, 6) is 0.753. The Bertz CT molecular complexity index is 985. The zero-order chi connectivity index (χ0) is 24.6. The summed E-state index contributed by atoms with van der Waals surface area (Å²) in [5.41, 5.74) is 3.82. The van der Waals surface area contributed by atoms with Crippen LogP contribution in [0.4, 0.5) is 0 Å². The van der Waals surface area contributed by atoms with E-state index < -0.39 is 0 Å². The molecule has 36 heavy (non-hydrogen) atoms. The van der Waals surface area contributed by atoms with Crippen molar-refractivity contribution in [3.63, 3.8) is 0 Å². The number of ether oxygens (including phenoxy) is 1. The molecule has 3 heterocycles. The molecule has 2 aromatic rings. The van der Waals surface area contributed by atoms with Gasteiger partial charge in [-0.1, -0.05) is 60.7 Å². The Hall–Kier alpha value is -2.17. The van der Waals surface area contributed by atoms with Gasteiger partial charge in [0.2, 0.25) is 0 Å². The molecule has 192 valence electrons. The fraction of sp³-hybridized carbons (Fsp3) is 0.594. The molecule has 0 radical (unpaired) electrons. The van der Waals surface area contributed by atoms with Crippen LogP contribution >= 0.6 is 0 Å². The lowest BCUT2D eigenvalue weighted by Crippen LogP contribution is -2.64. The van der Waals surface area contributed by atoms with Gasteiger partial charge in [0.05, 0.1) is 12.5 Å². The van der Waals surface area contributed by atoms with E-state index in [9.17, 15) is 4.79 Å². The molecule has 3 unspecified atom stereocenters. The van der Waals surface area contributed by atoms with Crippen LogP contribution in [0.2, 0.25) is 0 Å². The number of nitrogens with zero attached hydrogens (tertiary/aromatic N) is 2. The average Bonchev–Trinajstić information content (AvgIpc) is 3.16. The van der Waals surface area contributed by atoms with Crippen LogP contribution in [0.5, 0.6) is 0 Å². The molecule has 0 spiro atoms. The van der Waals surface area contributed by atoms with Gasteiger partial charge in [-0.05, 0) is 88.5 Å². The fourth-order valence-electron chi connectivity index (χ4n) is 8.67. The molecule has 4 heteroatoms. The van der Waals surface area contributed by atoms with Crippen molar-refractivity contribution in [2.24, 2.45) is 11.8 Å². The number of hydrogen-bond acceptors (Lipinski definition) is 4. The van der Waals surface area contributed by atoms with Gasteiger partial charge < -0.3 is 9.64 Å². The SMILES string of the molecule is CCOC(=O)C1CCCN(CCCN2CC3C4(c5ccccc5)CCC3(c3ccccc3)CC2C4)C1. The van der Waals surface area contributed by atoms with E-state index in [1.165, 1.54) is 45.2 Å². The second-order valence-electron chi connectivity index (χ2n) is 11.9. The van der Waals surface area contributed by atoms with Gasteiger partial charge in [-0.3, -0.25) is 9.69 Å². The van der Waals surface area contributed by atoms with E-state index in [1.54, 1.807) is 11.1 Å². The van der Waals surface area contributed by atoms with Gasteiger partial charge in [0.1, 0.15) is 0 Å². The molecule has 2 aromatic carbocycles. The summed E-state index contributed by atoms with van der Waals surface area (Å²) in [5, 5.41) is 0. The van der Waals surface area contributed by atoms with Crippen LogP contribution in [-0.4, -0.2) is 61.1 Å². The highest BCUT2D eigenvalue weighted by molar-refractivity contribution is 5.72. The van der Waals surface area contributed by atoms with Crippen molar-refractivity contribution in [2.75, 3.05) is 39.3 Å². The molecular formula is C32H42N2O2. The normalized spacial score (nSPS) is 34.1. The van der Waals surface area contributed by atoms with Crippen molar-refractivity contribution < 1.29 is 9.53 Å². The van der Waals surface area contributed by atoms with E-state index in [0.717, 1.165) is 32.5 Å². The Labute approximate surface area is 217 Å². The van der Waals surface area contributed by atoms with Gasteiger partial charge in [-0.15, -0.1) is 0 Å². The second kappa shape index (κ2) is 9.95. The predicted molar refractivity (Wildman–Crippen MR) is 144 cm³/mol. The fourth-order valence-corrected chi connectivity index (χ4v) is 8.67. The molecule has 5 fully saturated rings. The molecule has 4 nitrogen and oxygen atoms in total. The third-order valence-electron chi connectivity index (χ3n) is 10.2. The monoisotopic (exact) mass is 486 g/mol. The van der Waals surface area contributed by atoms with Gasteiger partial charge in [0, 0.05) is 30.0 Å². The second-order valence-corrected chi connectivity index (χ2v) is 11.9. The maximum atomic E-state index is 12.3. The maximum absolute atomic E-state index is 12.3. The van der Waals surface area contributed by atoms with Gasteiger partial charge in [-0.2, -0.15) is 0 Å². The molecule has 2 aliphatic carbocycles. The molecule has 5 aliphatic rings. The highest BCUT2D eigenvalue weighted by Gasteiger charge is 2.66. The molecule has 0 aromatic heterocycles. The van der Waals surface area contributed by atoms with Crippen LogP contribution in [0.25, 0.3) is 0 Å². The van der Waals surface area contributed by atoms with E-state index >= 15 is 0 Å². The molecule has 2 saturated carbocycles. The number of carbonyl (C=O) groups excluding carboxylic acids is 1. The first-order valence-corrected chi connectivity index (χ1v) is 14.4. The first-order chi connectivity index (χ1) is 17.6. The molecular weight excluding hydrogens is 444 g/mol. The number of benzene rings is 2. The Balaban J connectivity index is 1.15. The number of carbonyl (C=O) groups is 1. The maximum Gasteiger partial charge on any atom is 0.310 e. The molecule has 0 N–H and O–H groups in total.